The van der Waals surface area contributed by atoms with E-state index in [1.807, 2.05) is 24.3 Å². The van der Waals surface area contributed by atoms with Crippen LogP contribution < -0.4 is 22.1 Å². The van der Waals surface area contributed by atoms with E-state index in [-0.39, 0.29) is 17.7 Å². The van der Waals surface area contributed by atoms with Crippen LogP contribution in [0.2, 0.25) is 0 Å². The van der Waals surface area contributed by atoms with Gasteiger partial charge in [0.25, 0.3) is 0 Å². The molecule has 0 aromatic heterocycles. The molecule has 1 aliphatic heterocycles. The highest BCUT2D eigenvalue weighted by atomic mass is 16.3. The number of hydrogen-bond donors (Lipinski definition) is 4. The molecule has 4 aliphatic rings. The largest absolute Gasteiger partial charge is 0.507 e. The standard InChI is InChI=1S/C35H41N7O6/c1-40(2)22-13-20(19-9-7-18(8-10-19)15-42-11-5-6-12-42)26(43)23-21(22)14-33(38)16-35(39)29(41(3)4)28(45)24(32(37)48)30(46)34(35,17-36)31(47)25(33)27(23)44/h7-10,13,24-25,29,43H,5-6,11-12,14-16,38-39H2,1-4H3,(H2,37,48)/t24?,25?,29-,33-,34+,35-/m1/s1. The van der Waals surface area contributed by atoms with Gasteiger partial charge in [-0.1, -0.05) is 24.3 Å². The quantitative estimate of drug-likeness (QED) is 0.306. The van der Waals surface area contributed by atoms with E-state index in [4.69, 9.17) is 17.2 Å². The van der Waals surface area contributed by atoms with Crippen molar-refractivity contribution < 1.29 is 29.1 Å². The first-order valence-corrected chi connectivity index (χ1v) is 16.0. The van der Waals surface area contributed by atoms with Gasteiger partial charge in [0.2, 0.25) is 5.91 Å². The van der Waals surface area contributed by atoms with Gasteiger partial charge in [-0.25, -0.2) is 0 Å². The molecule has 1 heterocycles. The summed E-state index contributed by atoms with van der Waals surface area (Å²) in [6.45, 7) is 2.89. The van der Waals surface area contributed by atoms with Crippen LogP contribution in [0.4, 0.5) is 5.69 Å². The van der Waals surface area contributed by atoms with Crippen LogP contribution in [0.25, 0.3) is 11.1 Å². The van der Waals surface area contributed by atoms with Crippen LogP contribution in [-0.2, 0) is 32.1 Å². The Morgan fingerprint density at radius 2 is 1.67 bits per heavy atom. The zero-order valence-corrected chi connectivity index (χ0v) is 27.6. The second kappa shape index (κ2) is 11.3. The molecule has 1 saturated heterocycles. The minimum Gasteiger partial charge on any atom is -0.507 e. The Kier molecular flexibility index (Phi) is 7.87. The minimum atomic E-state index is -2.79. The van der Waals surface area contributed by atoms with Gasteiger partial charge in [-0.2, -0.15) is 5.26 Å². The number of anilines is 1. The third-order valence-corrected chi connectivity index (χ3v) is 10.9. The van der Waals surface area contributed by atoms with Crippen molar-refractivity contribution in [3.8, 4) is 22.9 Å². The van der Waals surface area contributed by atoms with Crippen LogP contribution in [-0.4, -0.2) is 102 Å². The lowest BCUT2D eigenvalue weighted by atomic mass is 9.42. The van der Waals surface area contributed by atoms with Crippen LogP contribution in [0.5, 0.6) is 5.75 Å². The van der Waals surface area contributed by atoms with Crippen LogP contribution in [0.3, 0.4) is 0 Å². The number of nitriles is 1. The van der Waals surface area contributed by atoms with Crippen molar-refractivity contribution in [3.63, 3.8) is 0 Å². The number of likely N-dealkylation sites (tertiary alicyclic amines) is 1. The van der Waals surface area contributed by atoms with E-state index in [0.29, 0.717) is 22.4 Å². The number of rotatable bonds is 6. The Hall–Kier alpha value is -4.48. The molecule has 2 unspecified atom stereocenters. The Morgan fingerprint density at radius 3 is 2.21 bits per heavy atom. The number of fused-ring (bicyclic) bond motifs is 3. The van der Waals surface area contributed by atoms with Crippen LogP contribution in [0.1, 0.15) is 40.7 Å². The number of hydrogen-bond acceptors (Lipinski definition) is 12. The number of Topliss-reactive ketones (excluding diaryl/α,β-unsaturated/α-hetero) is 4. The highest BCUT2D eigenvalue weighted by molar-refractivity contribution is 6.33. The number of phenolic OH excluding ortho intramolecular Hbond substituents is 1. The Balaban J connectivity index is 1.51. The molecule has 2 saturated carbocycles. The SMILES string of the molecule is CN(C)c1cc(-c2ccc(CN3CCCC3)cc2)c(O)c2c1C[C@@]1(N)C[C@@]3(N)[C@H](N(C)C)C(=O)C(C(N)=O)C(=O)[C@@]3(C#N)C(=O)C1C2=O. The maximum Gasteiger partial charge on any atom is 0.235 e. The third-order valence-electron chi connectivity index (χ3n) is 10.9. The van der Waals surface area contributed by atoms with E-state index in [0.717, 1.165) is 25.2 Å². The first-order valence-electron chi connectivity index (χ1n) is 16.0. The molecule has 2 aromatic rings. The highest BCUT2D eigenvalue weighted by Gasteiger charge is 2.78. The number of carbonyl (C=O) groups excluding carboxylic acids is 5. The van der Waals surface area contributed by atoms with Crippen molar-refractivity contribution in [2.45, 2.75) is 49.3 Å². The Bertz CT molecular complexity index is 1810. The number of amides is 1. The number of phenols is 1. The van der Waals surface area contributed by atoms with Crippen molar-refractivity contribution in [1.82, 2.24) is 9.80 Å². The zero-order valence-electron chi connectivity index (χ0n) is 27.6. The van der Waals surface area contributed by atoms with Crippen molar-refractivity contribution in [2.75, 3.05) is 46.2 Å². The number of primary amides is 1. The third kappa shape index (κ3) is 4.47. The lowest BCUT2D eigenvalue weighted by Gasteiger charge is -2.60. The van der Waals surface area contributed by atoms with Crippen LogP contribution >= 0.6 is 0 Å². The highest BCUT2D eigenvalue weighted by Crippen LogP contribution is 2.57. The Morgan fingerprint density at radius 1 is 1.04 bits per heavy atom. The molecule has 13 nitrogen and oxygen atoms in total. The lowest BCUT2D eigenvalue weighted by molar-refractivity contribution is -0.166. The molecule has 6 rings (SSSR count). The number of aromatic hydroxyl groups is 1. The van der Waals surface area contributed by atoms with E-state index in [2.05, 4.69) is 4.90 Å². The number of nitrogens with zero attached hydrogens (tertiary/aromatic N) is 4. The van der Waals surface area contributed by atoms with E-state index in [1.165, 1.54) is 31.8 Å². The molecule has 3 aliphatic carbocycles. The molecule has 2 aromatic carbocycles. The normalized spacial score (nSPS) is 31.7. The van der Waals surface area contributed by atoms with Crippen molar-refractivity contribution in [3.05, 3.63) is 47.0 Å². The summed E-state index contributed by atoms with van der Waals surface area (Å²) < 4.78 is 0. The van der Waals surface area contributed by atoms with Gasteiger partial charge in [-0.3, -0.25) is 33.8 Å². The summed E-state index contributed by atoms with van der Waals surface area (Å²) in [5.74, 6) is -9.94. The molecule has 7 N–H and O–H groups in total. The predicted octanol–water partition coefficient (Wildman–Crippen LogP) is 0.137. The van der Waals surface area contributed by atoms with Crippen LogP contribution in [0.15, 0.2) is 30.3 Å². The maximum atomic E-state index is 14.7. The Labute approximate surface area is 278 Å². The van der Waals surface area contributed by atoms with E-state index < -0.39 is 69.8 Å². The average molecular weight is 656 g/mol. The minimum absolute atomic E-state index is 0.135. The summed E-state index contributed by atoms with van der Waals surface area (Å²) in [6.07, 6.45) is 1.75. The van der Waals surface area contributed by atoms with Gasteiger partial charge in [0, 0.05) is 37.4 Å². The maximum absolute atomic E-state index is 14.7. The van der Waals surface area contributed by atoms with Gasteiger partial charge < -0.3 is 27.2 Å². The first-order chi connectivity index (χ1) is 22.5. The first kappa shape index (κ1) is 33.4. The van der Waals surface area contributed by atoms with Gasteiger partial charge in [0.05, 0.1) is 23.2 Å². The molecule has 48 heavy (non-hydrogen) atoms. The summed E-state index contributed by atoms with van der Waals surface area (Å²) in [6, 6.07) is 9.74. The van der Waals surface area contributed by atoms with Gasteiger partial charge in [0.15, 0.2) is 34.5 Å². The number of nitrogens with two attached hydrogens (primary N) is 3. The fraction of sp³-hybridized carbons (Fsp3) is 0.486. The number of benzene rings is 2. The fourth-order valence-corrected chi connectivity index (χ4v) is 8.86. The van der Waals surface area contributed by atoms with Crippen molar-refractivity contribution >= 4 is 34.7 Å². The molecule has 0 bridgehead atoms. The molecule has 0 radical (unpaired) electrons. The smallest absolute Gasteiger partial charge is 0.235 e. The molecular formula is C35H41N7O6. The van der Waals surface area contributed by atoms with Gasteiger partial charge >= 0.3 is 0 Å². The molecule has 0 spiro atoms. The van der Waals surface area contributed by atoms with Gasteiger partial charge in [0.1, 0.15) is 11.7 Å². The van der Waals surface area contributed by atoms with Crippen LogP contribution in [0, 0.1) is 28.6 Å². The number of ketones is 4. The summed E-state index contributed by atoms with van der Waals surface area (Å²) in [5, 5.41) is 22.4. The second-order valence-electron chi connectivity index (χ2n) is 14.3. The lowest BCUT2D eigenvalue weighted by Crippen LogP contribution is -2.85. The molecule has 252 valence electrons. The topological polar surface area (TPSA) is 217 Å². The summed E-state index contributed by atoms with van der Waals surface area (Å²) in [5.41, 5.74) is 15.5. The van der Waals surface area contributed by atoms with Gasteiger partial charge in [-0.15, -0.1) is 0 Å². The number of carbonyl (C=O) groups is 5. The zero-order chi connectivity index (χ0) is 35.1. The van der Waals surface area contributed by atoms with Crippen molar-refractivity contribution in [2.24, 2.45) is 34.5 Å². The molecule has 13 heteroatoms. The fourth-order valence-electron chi connectivity index (χ4n) is 8.86. The summed E-state index contributed by atoms with van der Waals surface area (Å²) >= 11 is 0. The number of likely N-dealkylation sites (N-methyl/N-ethyl adjacent to an activating group) is 1. The van der Waals surface area contributed by atoms with E-state index >= 15 is 0 Å². The van der Waals surface area contributed by atoms with Gasteiger partial charge in [-0.05, 0) is 75.6 Å². The molecule has 3 fully saturated rings. The summed E-state index contributed by atoms with van der Waals surface area (Å²) in [7, 11) is 6.49. The molecule has 6 atom stereocenters. The van der Waals surface area contributed by atoms with Crippen molar-refractivity contribution in [1.29, 1.82) is 5.26 Å². The van der Waals surface area contributed by atoms with E-state index in [1.54, 1.807) is 31.1 Å². The second-order valence-corrected chi connectivity index (χ2v) is 14.3. The predicted molar refractivity (Wildman–Crippen MR) is 176 cm³/mol. The molecular weight excluding hydrogens is 614 g/mol. The molecule has 1 amide bonds. The van der Waals surface area contributed by atoms with E-state index in [9.17, 15) is 34.3 Å². The monoisotopic (exact) mass is 655 g/mol. The average Bonchev–Trinajstić information content (AvgIpc) is 3.49. The summed E-state index contributed by atoms with van der Waals surface area (Å²) in [4.78, 5) is 74.9.